The molecule has 3 rings (SSSR count). The smallest absolute Gasteiger partial charge is 0.251 e. The number of aliphatic imine (C=N–C) groups is 1. The van der Waals surface area contributed by atoms with Gasteiger partial charge in [-0.2, -0.15) is 0 Å². The van der Waals surface area contributed by atoms with Crippen molar-refractivity contribution in [1.29, 1.82) is 0 Å². The summed E-state index contributed by atoms with van der Waals surface area (Å²) in [7, 11) is 5.14. The predicted molar refractivity (Wildman–Crippen MR) is 112 cm³/mol. The molecule has 1 aliphatic rings. The summed E-state index contributed by atoms with van der Waals surface area (Å²) in [5, 5.41) is 6.08. The Hall–Kier alpha value is -3.02. The van der Waals surface area contributed by atoms with Crippen LogP contribution in [0, 0.1) is 0 Å². The predicted octanol–water partition coefficient (Wildman–Crippen LogP) is 2.62. The lowest BCUT2D eigenvalue weighted by atomic mass is 9.98. The normalized spacial score (nSPS) is 16.8. The molecular formula is C22H28N4O2. The van der Waals surface area contributed by atoms with Crippen LogP contribution in [-0.2, 0) is 6.54 Å². The highest BCUT2D eigenvalue weighted by Gasteiger charge is 2.26. The third-order valence-corrected chi connectivity index (χ3v) is 5.15. The minimum Gasteiger partial charge on any atom is -0.497 e. The van der Waals surface area contributed by atoms with Crippen LogP contribution in [0.1, 0.15) is 33.8 Å². The molecule has 2 aromatic carbocycles. The van der Waals surface area contributed by atoms with Crippen LogP contribution >= 0.6 is 0 Å². The standard InChI is InChI=1S/C22H28N4O2/c1-23-21(27)18-6-4-5-16(13-18)14-25-22(24-2)26-12-11-19(15-26)17-7-9-20(28-3)10-8-17/h4-10,13,19H,11-12,14-15H2,1-3H3,(H,23,27)(H,24,25). The van der Waals surface area contributed by atoms with E-state index in [2.05, 4.69) is 32.7 Å². The molecule has 0 spiro atoms. The number of hydrogen-bond donors (Lipinski definition) is 2. The fourth-order valence-corrected chi connectivity index (χ4v) is 3.58. The number of benzene rings is 2. The molecule has 6 nitrogen and oxygen atoms in total. The highest BCUT2D eigenvalue weighted by molar-refractivity contribution is 5.94. The molecule has 0 radical (unpaired) electrons. The van der Waals surface area contributed by atoms with Crippen LogP contribution in [-0.4, -0.2) is 51.1 Å². The van der Waals surface area contributed by atoms with Crippen molar-refractivity contribution in [1.82, 2.24) is 15.5 Å². The van der Waals surface area contributed by atoms with E-state index < -0.39 is 0 Å². The molecule has 0 saturated carbocycles. The van der Waals surface area contributed by atoms with Gasteiger partial charge in [-0.1, -0.05) is 24.3 Å². The summed E-state index contributed by atoms with van der Waals surface area (Å²) in [4.78, 5) is 18.5. The van der Waals surface area contributed by atoms with Gasteiger partial charge in [0.15, 0.2) is 5.96 Å². The summed E-state index contributed by atoms with van der Waals surface area (Å²) in [5.41, 5.74) is 3.04. The minimum absolute atomic E-state index is 0.0758. The van der Waals surface area contributed by atoms with Crippen LogP contribution in [0.5, 0.6) is 5.75 Å². The van der Waals surface area contributed by atoms with Crippen molar-refractivity contribution in [3.05, 3.63) is 65.2 Å². The van der Waals surface area contributed by atoms with Crippen molar-refractivity contribution in [2.75, 3.05) is 34.3 Å². The summed E-state index contributed by atoms with van der Waals surface area (Å²) in [6.45, 7) is 2.53. The van der Waals surface area contributed by atoms with E-state index in [0.717, 1.165) is 36.8 Å². The number of likely N-dealkylation sites (tertiary alicyclic amines) is 1. The summed E-state index contributed by atoms with van der Waals surface area (Å²) >= 11 is 0. The number of carbonyl (C=O) groups excluding carboxylic acids is 1. The molecule has 28 heavy (non-hydrogen) atoms. The largest absolute Gasteiger partial charge is 0.497 e. The van der Waals surface area contributed by atoms with Crippen molar-refractivity contribution in [2.45, 2.75) is 18.9 Å². The Labute approximate surface area is 166 Å². The fourth-order valence-electron chi connectivity index (χ4n) is 3.58. The number of nitrogens with zero attached hydrogens (tertiary/aromatic N) is 2. The van der Waals surface area contributed by atoms with Crippen LogP contribution in [0.4, 0.5) is 0 Å². The second kappa shape index (κ2) is 9.26. The van der Waals surface area contributed by atoms with Gasteiger partial charge in [-0.25, -0.2) is 0 Å². The van der Waals surface area contributed by atoms with Crippen molar-refractivity contribution in [2.24, 2.45) is 4.99 Å². The highest BCUT2D eigenvalue weighted by Crippen LogP contribution is 2.28. The van der Waals surface area contributed by atoms with Crippen molar-refractivity contribution in [3.8, 4) is 5.75 Å². The van der Waals surface area contributed by atoms with Gasteiger partial charge >= 0.3 is 0 Å². The number of amides is 1. The van der Waals surface area contributed by atoms with E-state index in [1.54, 1.807) is 14.2 Å². The van der Waals surface area contributed by atoms with E-state index in [0.29, 0.717) is 18.0 Å². The van der Waals surface area contributed by atoms with Crippen LogP contribution in [0.15, 0.2) is 53.5 Å². The minimum atomic E-state index is -0.0758. The number of rotatable bonds is 5. The second-order valence-corrected chi connectivity index (χ2v) is 6.89. The first-order chi connectivity index (χ1) is 13.6. The van der Waals surface area contributed by atoms with Crippen LogP contribution in [0.2, 0.25) is 0 Å². The second-order valence-electron chi connectivity index (χ2n) is 6.89. The molecule has 0 aliphatic carbocycles. The summed E-state index contributed by atoms with van der Waals surface area (Å²) in [6.07, 6.45) is 1.10. The lowest BCUT2D eigenvalue weighted by Gasteiger charge is -2.22. The SMILES string of the molecule is CN=C(NCc1cccc(C(=O)NC)c1)N1CCC(c2ccc(OC)cc2)C1. The number of guanidine groups is 1. The lowest BCUT2D eigenvalue weighted by Crippen LogP contribution is -2.39. The van der Waals surface area contributed by atoms with Crippen LogP contribution in [0.3, 0.4) is 0 Å². The van der Waals surface area contributed by atoms with Crippen LogP contribution < -0.4 is 15.4 Å². The Morgan fingerprint density at radius 3 is 2.71 bits per heavy atom. The first kappa shape index (κ1) is 19.7. The molecular weight excluding hydrogens is 352 g/mol. The van der Waals surface area contributed by atoms with Crippen LogP contribution in [0.25, 0.3) is 0 Å². The maximum absolute atomic E-state index is 11.8. The van der Waals surface area contributed by atoms with E-state index in [-0.39, 0.29) is 5.91 Å². The highest BCUT2D eigenvalue weighted by atomic mass is 16.5. The molecule has 6 heteroatoms. The zero-order chi connectivity index (χ0) is 19.9. The van der Waals surface area contributed by atoms with E-state index in [9.17, 15) is 4.79 Å². The third-order valence-electron chi connectivity index (χ3n) is 5.15. The zero-order valence-electron chi connectivity index (χ0n) is 16.7. The molecule has 1 amide bonds. The number of ether oxygens (including phenoxy) is 1. The number of carbonyl (C=O) groups is 1. The Kier molecular flexibility index (Phi) is 6.53. The molecule has 148 valence electrons. The summed E-state index contributed by atoms with van der Waals surface area (Å²) in [5.74, 6) is 2.19. The maximum Gasteiger partial charge on any atom is 0.251 e. The van der Waals surface area contributed by atoms with E-state index in [4.69, 9.17) is 4.74 Å². The molecule has 1 heterocycles. The summed E-state index contributed by atoms with van der Waals surface area (Å²) < 4.78 is 5.25. The average Bonchev–Trinajstić information content (AvgIpc) is 3.24. The van der Waals surface area contributed by atoms with E-state index >= 15 is 0 Å². The number of methoxy groups -OCH3 is 1. The first-order valence-corrected chi connectivity index (χ1v) is 9.55. The van der Waals surface area contributed by atoms with Gasteiger partial charge < -0.3 is 20.3 Å². The monoisotopic (exact) mass is 380 g/mol. The van der Waals surface area contributed by atoms with Crippen molar-refractivity contribution in [3.63, 3.8) is 0 Å². The third kappa shape index (κ3) is 4.63. The lowest BCUT2D eigenvalue weighted by molar-refractivity contribution is 0.0963. The number of nitrogens with one attached hydrogen (secondary N) is 2. The Balaban J connectivity index is 1.59. The molecule has 2 aromatic rings. The van der Waals surface area contributed by atoms with Gasteiger partial charge in [0, 0.05) is 45.2 Å². The van der Waals surface area contributed by atoms with Gasteiger partial charge in [0.25, 0.3) is 5.91 Å². The number of hydrogen-bond acceptors (Lipinski definition) is 3. The molecule has 1 aliphatic heterocycles. The zero-order valence-corrected chi connectivity index (χ0v) is 16.7. The average molecular weight is 380 g/mol. The molecule has 1 unspecified atom stereocenters. The fraction of sp³-hybridized carbons (Fsp3) is 0.364. The van der Waals surface area contributed by atoms with Crippen molar-refractivity contribution >= 4 is 11.9 Å². The topological polar surface area (TPSA) is 66.0 Å². The first-order valence-electron chi connectivity index (χ1n) is 9.55. The molecule has 1 atom stereocenters. The molecule has 1 fully saturated rings. The van der Waals surface area contributed by atoms with E-state index in [1.807, 2.05) is 43.4 Å². The molecule has 0 aromatic heterocycles. The summed E-state index contributed by atoms with van der Waals surface area (Å²) in [6, 6.07) is 16.0. The molecule has 1 saturated heterocycles. The van der Waals surface area contributed by atoms with E-state index in [1.165, 1.54) is 5.56 Å². The van der Waals surface area contributed by atoms with Gasteiger partial charge in [0.1, 0.15) is 5.75 Å². The maximum atomic E-state index is 11.8. The Morgan fingerprint density at radius 1 is 1.25 bits per heavy atom. The van der Waals surface area contributed by atoms with Gasteiger partial charge in [-0.05, 0) is 41.8 Å². The van der Waals surface area contributed by atoms with Gasteiger partial charge in [0.05, 0.1) is 7.11 Å². The Bertz CT molecular complexity index is 833. The molecule has 2 N–H and O–H groups in total. The van der Waals surface area contributed by atoms with Crippen molar-refractivity contribution < 1.29 is 9.53 Å². The van der Waals surface area contributed by atoms with Gasteiger partial charge in [-0.3, -0.25) is 9.79 Å². The van der Waals surface area contributed by atoms with Gasteiger partial charge in [-0.15, -0.1) is 0 Å². The van der Waals surface area contributed by atoms with Gasteiger partial charge in [0.2, 0.25) is 0 Å². The molecule has 0 bridgehead atoms. The Morgan fingerprint density at radius 2 is 2.04 bits per heavy atom. The quantitative estimate of drug-likeness (QED) is 0.618.